The predicted molar refractivity (Wildman–Crippen MR) is 578 cm³/mol. The summed E-state index contributed by atoms with van der Waals surface area (Å²) in [6, 6.07) is 85.1. The molecule has 0 radical (unpaired) electrons. The molecule has 798 valence electrons. The first-order valence-corrected chi connectivity index (χ1v) is 49.7. The third-order valence-corrected chi connectivity index (χ3v) is 27.5. The van der Waals surface area contributed by atoms with Crippen molar-refractivity contribution in [3.63, 3.8) is 0 Å². The van der Waals surface area contributed by atoms with E-state index in [0.717, 1.165) is 44.9 Å². The van der Waals surface area contributed by atoms with Crippen LogP contribution in [0.25, 0.3) is 12.2 Å². The third-order valence-electron chi connectivity index (χ3n) is 27.5. The topological polar surface area (TPSA) is 73.3 Å². The molecule has 142 heavy (non-hydrogen) atoms. The van der Waals surface area contributed by atoms with E-state index in [4.69, 9.17) is 19.4 Å². The van der Waals surface area contributed by atoms with Gasteiger partial charge >= 0.3 is 7.54 Å². The third kappa shape index (κ3) is 45.1. The smallest absolute Gasteiger partial charge is 0.762 e. The van der Waals surface area contributed by atoms with Crippen LogP contribution >= 0.6 is 0 Å². The van der Waals surface area contributed by atoms with Gasteiger partial charge in [0.25, 0.3) is 0 Å². The minimum atomic E-state index is -3.67. The van der Waals surface area contributed by atoms with Crippen molar-refractivity contribution < 1.29 is 128 Å². The van der Waals surface area contributed by atoms with Crippen LogP contribution in [-0.2, 0) is 111 Å². The molecule has 5 saturated heterocycles. The minimum absolute atomic E-state index is 0. The predicted octanol–water partition coefficient (Wildman–Crippen LogP) is 32.5. The van der Waals surface area contributed by atoms with Crippen molar-refractivity contribution in [1.82, 2.24) is 25.3 Å². The first kappa shape index (κ1) is 141. The van der Waals surface area contributed by atoms with Crippen molar-refractivity contribution in [2.24, 2.45) is 0 Å². The van der Waals surface area contributed by atoms with Crippen LogP contribution < -0.4 is 4.70 Å². The van der Waals surface area contributed by atoms with Gasteiger partial charge in [-0.1, -0.05) is 331 Å². The molecular weight excluding hydrogens is 1980 g/mol. The molecular formula is C122H183BF4Fe5N5O5-. The van der Waals surface area contributed by atoms with E-state index < -0.39 is 7.54 Å². The summed E-state index contributed by atoms with van der Waals surface area (Å²) in [6.45, 7) is 74.1. The summed E-state index contributed by atoms with van der Waals surface area (Å²) in [7, 11) is -3.67. The molecule has 20 heteroatoms. The molecule has 9 aromatic carbocycles. The van der Waals surface area contributed by atoms with Gasteiger partial charge in [0.2, 0.25) is 0 Å². The average Bonchev–Trinajstić information content (AvgIpc) is 0.783. The Bertz CT molecular complexity index is 4500. The summed E-state index contributed by atoms with van der Waals surface area (Å²) in [4.78, 5) is 26.5. The van der Waals surface area contributed by atoms with E-state index in [1.54, 1.807) is 0 Å². The Hall–Kier alpha value is -5.56. The fraction of sp³-hybridized carbons (Fsp3) is 0.525. The molecule has 10 nitrogen and oxygen atoms in total. The van der Waals surface area contributed by atoms with Crippen LogP contribution in [0.1, 0.15) is 398 Å². The van der Waals surface area contributed by atoms with Gasteiger partial charge in [-0.15, -0.1) is 0 Å². The van der Waals surface area contributed by atoms with E-state index in [0.29, 0.717) is 0 Å². The monoisotopic (exact) mass is 2170 g/mol. The molecule has 5 aliphatic heterocycles. The quantitative estimate of drug-likeness (QED) is 0.0625. The second-order valence-corrected chi connectivity index (χ2v) is 44.3. The van der Waals surface area contributed by atoms with E-state index in [1.165, 1.54) is 141 Å². The van der Waals surface area contributed by atoms with Crippen LogP contribution in [-0.4, -0.2) is 93.5 Å². The molecule has 14 rings (SSSR count). The van der Waals surface area contributed by atoms with Crippen LogP contribution in [0.4, 0.5) is 12.9 Å². The number of piperidine rings is 5. The first-order chi connectivity index (χ1) is 62.6. The molecule has 5 fully saturated rings. The van der Waals surface area contributed by atoms with E-state index in [-0.39, 0.29) is 197 Å². The minimum Gasteiger partial charge on any atom is -1.00 e. The molecule has 0 bridgehead atoms. The number of rotatable bonds is 19. The Morgan fingerprint density at radius 2 is 0.479 bits per heavy atom. The Labute approximate surface area is 915 Å². The van der Waals surface area contributed by atoms with Gasteiger partial charge in [0.05, 0.1) is 0 Å². The summed E-state index contributed by atoms with van der Waals surface area (Å²) < 4.78 is 29.0. The number of hydroxylamine groups is 10. The van der Waals surface area contributed by atoms with Gasteiger partial charge in [0.15, 0.2) is 0 Å². The Kier molecular flexibility index (Phi) is 64.1. The van der Waals surface area contributed by atoms with Gasteiger partial charge in [0, 0.05) is 153 Å². The molecule has 0 aromatic heterocycles. The number of benzene rings is 9. The van der Waals surface area contributed by atoms with Gasteiger partial charge in [-0.2, -0.15) is 25.3 Å². The van der Waals surface area contributed by atoms with Crippen molar-refractivity contribution in [1.29, 1.82) is 0 Å². The van der Waals surface area contributed by atoms with E-state index in [9.17, 15) is 18.2 Å². The standard InChI is InChI=1S/2C25H35NO.2C18H29NO.C9H19NO.C9H12.2C8H8.2CH4.BF3.FH.5Fe/c2*1-19-13-15-21(16-14-19)20(2)23(22-11-8-7-9-12-22)27-26-24(3,4)17-10-18-25(26,5)6;2*1-14-8-10-16(11-9-14)15(2)20-19-17(3,4)12-7-13-18(19,5)6;1-8(2)6-5-7-9(3,4)10(8)11;1-3-9-6-4-8(2)5-7-9;2*1-2-8-6-4-3-5-7-8;;;2-1(3)4;;;;;;/h2*7-9,11-16,20,23H,10,17-18H2,1-6H3;2*8-11,15H,7,12-13H2,1-6H3;11H,5-7H2,1-4H3;4-7H,3H2,1-2H3;2*2-7H,1H2;2*1H4;;1H;;;;;/p-1. The van der Waals surface area contributed by atoms with E-state index >= 15 is 0 Å². The fourth-order valence-electron chi connectivity index (χ4n) is 19.6. The zero-order valence-corrected chi connectivity index (χ0v) is 96.1. The maximum Gasteiger partial charge on any atom is 0.762 e. The number of nitrogens with zero attached hydrogens (tertiary/aromatic N) is 5. The van der Waals surface area contributed by atoms with Crippen LogP contribution in [0, 0.1) is 34.6 Å². The van der Waals surface area contributed by atoms with Gasteiger partial charge < -0.3 is 9.91 Å². The molecule has 1 N–H and O–H groups in total. The molecule has 0 spiro atoms. The second kappa shape index (κ2) is 64.8. The first-order valence-electron chi connectivity index (χ1n) is 49.7. The van der Waals surface area contributed by atoms with Crippen molar-refractivity contribution in [3.8, 4) is 0 Å². The second-order valence-electron chi connectivity index (χ2n) is 44.3. The molecule has 6 atom stereocenters. The SMILES string of the molecule is C.C.C=Cc1ccccc1.C=Cc1ccccc1.CC1(C)CCCC(C)(C)N1O.CCc1ccc(C)cc1.Cc1ccc(C(C)C(ON2C(C)(C)CCCC2(C)C)c2ccccc2)cc1.Cc1ccc(C(C)C(ON2C(C)(C)CCCC2(C)C)c2ccccc2)cc1.Cc1ccc(C(C)ON2C(C)(C)CCCC2(C)C)cc1.Cc1ccc(C(C)ON2C(C)(C)CCCC2(C)C)cc1.FB(F)F.[F-].[Fe].[Fe].[Fe].[Fe].[Fe]. The van der Waals surface area contributed by atoms with Crippen LogP contribution in [0.3, 0.4) is 0 Å². The van der Waals surface area contributed by atoms with Crippen molar-refractivity contribution in [2.75, 3.05) is 0 Å². The maximum absolute atomic E-state index is 9.80. The number of halogens is 4. The summed E-state index contributed by atoms with van der Waals surface area (Å²) in [5.74, 6) is 0.531. The summed E-state index contributed by atoms with van der Waals surface area (Å²) >= 11 is 0. The van der Waals surface area contributed by atoms with Crippen molar-refractivity contribution in [2.45, 2.75) is 417 Å². The molecule has 5 aliphatic rings. The maximum atomic E-state index is 9.80. The summed E-state index contributed by atoms with van der Waals surface area (Å²) in [6.07, 6.45) is 22.8. The Morgan fingerprint density at radius 1 is 0.296 bits per heavy atom. The molecule has 9 aromatic rings. The van der Waals surface area contributed by atoms with Gasteiger partial charge in [-0.3, -0.25) is 32.3 Å². The van der Waals surface area contributed by atoms with Gasteiger partial charge in [-0.25, -0.2) is 0 Å². The summed E-state index contributed by atoms with van der Waals surface area (Å²) in [5, 5.41) is 20.4. The van der Waals surface area contributed by atoms with Crippen molar-refractivity contribution in [3.05, 3.63) is 334 Å². The molecule has 6 unspecified atom stereocenters. The number of hydrogen-bond donors (Lipinski definition) is 1. The molecule has 0 saturated carbocycles. The van der Waals surface area contributed by atoms with Crippen LogP contribution in [0.2, 0.25) is 0 Å². The molecule has 5 heterocycles. The fourth-order valence-corrected chi connectivity index (χ4v) is 19.6. The van der Waals surface area contributed by atoms with E-state index in [1.807, 2.05) is 72.8 Å². The van der Waals surface area contributed by atoms with Crippen LogP contribution in [0.15, 0.2) is 256 Å². The molecule has 0 amide bonds. The summed E-state index contributed by atoms with van der Waals surface area (Å²) in [5.41, 5.74) is 18.3. The Morgan fingerprint density at radius 3 is 0.669 bits per heavy atom. The van der Waals surface area contributed by atoms with E-state index in [2.05, 4.69) is 423 Å². The molecule has 0 aliphatic carbocycles. The zero-order valence-electron chi connectivity index (χ0n) is 90.6. The number of hydrogen-bond acceptors (Lipinski definition) is 10. The number of aryl methyl sites for hydroxylation is 6. The van der Waals surface area contributed by atoms with Gasteiger partial charge in [0.1, 0.15) is 24.4 Å². The zero-order chi connectivity index (χ0) is 99.9. The van der Waals surface area contributed by atoms with Crippen molar-refractivity contribution >= 4 is 19.7 Å². The van der Waals surface area contributed by atoms with Crippen LogP contribution in [0.5, 0.6) is 0 Å². The normalized spacial score (nSPS) is 18.9. The Balaban J connectivity index is -0.00000159. The average molecular weight is 2170 g/mol. The largest absolute Gasteiger partial charge is 1.00 e. The van der Waals surface area contributed by atoms with Gasteiger partial charge in [-0.05, 0) is 340 Å².